The van der Waals surface area contributed by atoms with Gasteiger partial charge in [-0.15, -0.1) is 0 Å². The molecular formula is C24H28N4O3S. The molecule has 2 heterocycles. The van der Waals surface area contributed by atoms with Crippen LogP contribution in [0.2, 0.25) is 0 Å². The number of hydrogen-bond acceptors (Lipinski definition) is 4. The lowest BCUT2D eigenvalue weighted by Crippen LogP contribution is -2.35. The second kappa shape index (κ2) is 10.1. The van der Waals surface area contributed by atoms with E-state index in [1.54, 1.807) is 41.1 Å². The fourth-order valence-corrected chi connectivity index (χ4v) is 5.45. The van der Waals surface area contributed by atoms with Gasteiger partial charge in [-0.2, -0.15) is 4.31 Å². The Hall–Kier alpha value is -2.97. The van der Waals surface area contributed by atoms with Crippen molar-refractivity contribution in [3.05, 3.63) is 78.4 Å². The molecule has 0 bridgehead atoms. The first kappa shape index (κ1) is 22.2. The third-order valence-electron chi connectivity index (χ3n) is 5.77. The number of rotatable bonds is 8. The van der Waals surface area contributed by atoms with Crippen molar-refractivity contribution in [1.29, 1.82) is 0 Å². The molecule has 0 saturated carbocycles. The standard InChI is InChI=1S/C24H28N4O3S/c29-24(26-18-21-6-2-3-7-23(21)27-17-14-25-19-27)13-10-20-8-11-22(12-9-20)32(30,31)28-15-4-1-5-16-28/h2-3,6-9,11-12,14,17,19H,1,4-5,10,13,15-16,18H2,(H,26,29). The third-order valence-corrected chi connectivity index (χ3v) is 7.68. The molecule has 0 atom stereocenters. The Kier molecular flexibility index (Phi) is 7.02. The molecule has 1 N–H and O–H groups in total. The Morgan fingerprint density at radius 1 is 1.00 bits per heavy atom. The molecule has 32 heavy (non-hydrogen) atoms. The molecule has 1 aromatic heterocycles. The zero-order chi connectivity index (χ0) is 22.4. The van der Waals surface area contributed by atoms with E-state index < -0.39 is 10.0 Å². The van der Waals surface area contributed by atoms with Crippen molar-refractivity contribution in [2.45, 2.75) is 43.5 Å². The van der Waals surface area contributed by atoms with Crippen molar-refractivity contribution in [3.8, 4) is 5.69 Å². The lowest BCUT2D eigenvalue weighted by molar-refractivity contribution is -0.121. The van der Waals surface area contributed by atoms with Crippen LogP contribution in [0.1, 0.15) is 36.8 Å². The lowest BCUT2D eigenvalue weighted by Gasteiger charge is -2.25. The van der Waals surface area contributed by atoms with E-state index in [-0.39, 0.29) is 5.91 Å². The molecule has 0 unspecified atom stereocenters. The molecule has 3 aromatic rings. The minimum absolute atomic E-state index is 0.0459. The van der Waals surface area contributed by atoms with Crippen molar-refractivity contribution in [3.63, 3.8) is 0 Å². The molecule has 4 rings (SSSR count). The highest BCUT2D eigenvalue weighted by atomic mass is 32.2. The van der Waals surface area contributed by atoms with Crippen LogP contribution in [-0.2, 0) is 27.8 Å². The number of carbonyl (C=O) groups is 1. The van der Waals surface area contributed by atoms with Crippen LogP contribution in [0.25, 0.3) is 5.69 Å². The SMILES string of the molecule is O=C(CCc1ccc(S(=O)(=O)N2CCCCC2)cc1)NCc1ccccc1-n1ccnc1. The zero-order valence-corrected chi connectivity index (χ0v) is 18.8. The van der Waals surface area contributed by atoms with Crippen LogP contribution in [0.5, 0.6) is 0 Å². The summed E-state index contributed by atoms with van der Waals surface area (Å²) in [6.07, 6.45) is 9.13. The molecule has 2 aromatic carbocycles. The van der Waals surface area contributed by atoms with Crippen molar-refractivity contribution in [1.82, 2.24) is 19.2 Å². The molecule has 0 aliphatic carbocycles. The van der Waals surface area contributed by atoms with Gasteiger partial charge in [0.05, 0.1) is 16.9 Å². The van der Waals surface area contributed by atoms with Gasteiger partial charge in [0.1, 0.15) is 0 Å². The number of aryl methyl sites for hydroxylation is 1. The number of nitrogens with zero attached hydrogens (tertiary/aromatic N) is 3. The predicted molar refractivity (Wildman–Crippen MR) is 123 cm³/mol. The number of carbonyl (C=O) groups excluding carboxylic acids is 1. The summed E-state index contributed by atoms with van der Waals surface area (Å²) in [6.45, 7) is 1.61. The highest BCUT2D eigenvalue weighted by Crippen LogP contribution is 2.21. The van der Waals surface area contributed by atoms with Crippen molar-refractivity contribution < 1.29 is 13.2 Å². The van der Waals surface area contributed by atoms with Crippen LogP contribution in [0, 0.1) is 0 Å². The van der Waals surface area contributed by atoms with Gasteiger partial charge in [-0.05, 0) is 48.6 Å². The number of amides is 1. The van der Waals surface area contributed by atoms with Crippen molar-refractivity contribution in [2.75, 3.05) is 13.1 Å². The van der Waals surface area contributed by atoms with Gasteiger partial charge in [-0.3, -0.25) is 4.79 Å². The van der Waals surface area contributed by atoms with Crippen LogP contribution in [0.15, 0.2) is 72.1 Å². The summed E-state index contributed by atoms with van der Waals surface area (Å²) < 4.78 is 29.0. The topological polar surface area (TPSA) is 84.3 Å². The van der Waals surface area contributed by atoms with E-state index in [0.29, 0.717) is 37.4 Å². The van der Waals surface area contributed by atoms with Crippen LogP contribution in [0.3, 0.4) is 0 Å². The molecule has 0 spiro atoms. The highest BCUT2D eigenvalue weighted by molar-refractivity contribution is 7.89. The van der Waals surface area contributed by atoms with E-state index in [2.05, 4.69) is 10.3 Å². The smallest absolute Gasteiger partial charge is 0.243 e. The van der Waals surface area contributed by atoms with Gasteiger partial charge in [0.15, 0.2) is 0 Å². The third kappa shape index (κ3) is 5.26. The van der Waals surface area contributed by atoms with Crippen molar-refractivity contribution in [2.24, 2.45) is 0 Å². The highest BCUT2D eigenvalue weighted by Gasteiger charge is 2.25. The number of piperidine rings is 1. The van der Waals surface area contributed by atoms with Crippen LogP contribution in [0.4, 0.5) is 0 Å². The second-order valence-electron chi connectivity index (χ2n) is 7.98. The maximum Gasteiger partial charge on any atom is 0.243 e. The summed E-state index contributed by atoms with van der Waals surface area (Å²) in [5.74, 6) is -0.0459. The van der Waals surface area contributed by atoms with Gasteiger partial charge in [-0.1, -0.05) is 36.8 Å². The Labute approximate surface area is 189 Å². The second-order valence-corrected chi connectivity index (χ2v) is 9.92. The van der Waals surface area contributed by atoms with Gasteiger partial charge < -0.3 is 9.88 Å². The van der Waals surface area contributed by atoms with Gasteiger partial charge in [0.2, 0.25) is 15.9 Å². The fraction of sp³-hybridized carbons (Fsp3) is 0.333. The molecule has 0 radical (unpaired) electrons. The Balaban J connectivity index is 1.30. The predicted octanol–water partition coefficient (Wildman–Crippen LogP) is 3.30. The molecule has 1 amide bonds. The summed E-state index contributed by atoms with van der Waals surface area (Å²) in [7, 11) is -3.42. The van der Waals surface area contributed by atoms with E-state index in [9.17, 15) is 13.2 Å². The largest absolute Gasteiger partial charge is 0.352 e. The van der Waals surface area contributed by atoms with Crippen LogP contribution >= 0.6 is 0 Å². The number of aromatic nitrogens is 2. The minimum Gasteiger partial charge on any atom is -0.352 e. The fourth-order valence-electron chi connectivity index (χ4n) is 3.94. The first-order valence-electron chi connectivity index (χ1n) is 11.0. The summed E-state index contributed by atoms with van der Waals surface area (Å²) >= 11 is 0. The number of hydrogen-bond donors (Lipinski definition) is 1. The van der Waals surface area contributed by atoms with Gasteiger partial charge in [0.25, 0.3) is 0 Å². The molecule has 1 aliphatic heterocycles. The van der Waals surface area contributed by atoms with E-state index in [1.807, 2.05) is 35.0 Å². The lowest BCUT2D eigenvalue weighted by atomic mass is 10.1. The van der Waals surface area contributed by atoms with Crippen LogP contribution < -0.4 is 5.32 Å². The maximum absolute atomic E-state index is 12.8. The Morgan fingerprint density at radius 2 is 1.75 bits per heavy atom. The average Bonchev–Trinajstić information content (AvgIpc) is 3.37. The van der Waals surface area contributed by atoms with Crippen molar-refractivity contribution >= 4 is 15.9 Å². The van der Waals surface area contributed by atoms with Gasteiger partial charge in [0, 0.05) is 38.4 Å². The first-order valence-corrected chi connectivity index (χ1v) is 12.4. The quantitative estimate of drug-likeness (QED) is 0.568. The molecular weight excluding hydrogens is 424 g/mol. The molecule has 7 nitrogen and oxygen atoms in total. The summed E-state index contributed by atoms with van der Waals surface area (Å²) in [5, 5.41) is 2.97. The van der Waals surface area contributed by atoms with E-state index in [4.69, 9.17) is 0 Å². The Morgan fingerprint density at radius 3 is 2.47 bits per heavy atom. The Bertz CT molecular complexity index is 1140. The minimum atomic E-state index is -3.42. The summed E-state index contributed by atoms with van der Waals surface area (Å²) in [4.78, 5) is 16.8. The van der Waals surface area contributed by atoms with E-state index >= 15 is 0 Å². The molecule has 1 fully saturated rings. The summed E-state index contributed by atoms with van der Waals surface area (Å²) in [6, 6.07) is 14.8. The summed E-state index contributed by atoms with van der Waals surface area (Å²) in [5.41, 5.74) is 2.93. The number of sulfonamides is 1. The zero-order valence-electron chi connectivity index (χ0n) is 18.0. The van der Waals surface area contributed by atoms with Gasteiger partial charge >= 0.3 is 0 Å². The normalized spacial score (nSPS) is 14.9. The molecule has 1 saturated heterocycles. The maximum atomic E-state index is 12.8. The van der Waals surface area contributed by atoms with Gasteiger partial charge in [-0.25, -0.2) is 13.4 Å². The average molecular weight is 453 g/mol. The van der Waals surface area contributed by atoms with E-state index in [0.717, 1.165) is 36.1 Å². The molecule has 8 heteroatoms. The van der Waals surface area contributed by atoms with E-state index in [1.165, 1.54) is 0 Å². The molecule has 168 valence electrons. The number of para-hydroxylation sites is 1. The number of imidazole rings is 1. The number of benzene rings is 2. The number of nitrogens with one attached hydrogen (secondary N) is 1. The molecule has 1 aliphatic rings. The first-order chi connectivity index (χ1) is 15.5. The van der Waals surface area contributed by atoms with Crippen LogP contribution in [-0.4, -0.2) is 41.3 Å². The monoisotopic (exact) mass is 452 g/mol.